The number of hydroxylamine groups is 6. The van der Waals surface area contributed by atoms with E-state index in [-0.39, 0.29) is 51.0 Å². The first-order chi connectivity index (χ1) is 20.5. The second kappa shape index (κ2) is 16.6. The number of aryl methyl sites for hydroxylation is 2. The lowest BCUT2D eigenvalue weighted by Crippen LogP contribution is -2.38. The molecule has 256 valence electrons. The van der Waals surface area contributed by atoms with Crippen LogP contribution in [0.4, 0.5) is 20.1 Å². The summed E-state index contributed by atoms with van der Waals surface area (Å²) in [6, 6.07) is 3.37. The summed E-state index contributed by atoms with van der Waals surface area (Å²) in [4.78, 5) is 63.6. The Morgan fingerprint density at radius 2 is 0.956 bits per heavy atom. The van der Waals surface area contributed by atoms with Gasteiger partial charge in [0.25, 0.3) is 5.69 Å². The SMILES string of the molecule is CC(C)(C)ON(CCCc1ccc(CCCN(OC(C)(C)C)C(=O)O)c([N+](=O)[O-])c1CCCN(OC(C)(C)C)C(=O)O)C(=O)O. The molecular formula is C30H50N4O11. The van der Waals surface area contributed by atoms with E-state index in [0.717, 1.165) is 15.2 Å². The highest BCUT2D eigenvalue weighted by Crippen LogP contribution is 2.31. The molecule has 0 aliphatic rings. The molecule has 0 aromatic heterocycles. The van der Waals surface area contributed by atoms with Gasteiger partial charge >= 0.3 is 18.3 Å². The fourth-order valence-electron chi connectivity index (χ4n) is 4.43. The maximum absolute atomic E-state index is 12.4. The zero-order chi connectivity index (χ0) is 34.8. The molecule has 1 aromatic rings. The number of rotatable bonds is 16. The Hall–Kier alpha value is -3.69. The average molecular weight is 643 g/mol. The smallest absolute Gasteiger partial charge is 0.431 e. The fourth-order valence-corrected chi connectivity index (χ4v) is 4.43. The number of carboxylic acid groups (broad SMARTS) is 3. The maximum Gasteiger partial charge on any atom is 0.431 e. The minimum Gasteiger partial charge on any atom is -0.463 e. The third-order valence-electron chi connectivity index (χ3n) is 5.84. The summed E-state index contributed by atoms with van der Waals surface area (Å²) in [5.74, 6) is 0. The zero-order valence-corrected chi connectivity index (χ0v) is 27.9. The van der Waals surface area contributed by atoms with Crippen molar-refractivity contribution in [1.82, 2.24) is 15.2 Å². The van der Waals surface area contributed by atoms with Crippen LogP contribution < -0.4 is 0 Å². The fraction of sp³-hybridized carbons (Fsp3) is 0.700. The zero-order valence-electron chi connectivity index (χ0n) is 27.9. The topological polar surface area (TPSA) is 192 Å². The lowest BCUT2D eigenvalue weighted by atomic mass is 9.92. The summed E-state index contributed by atoms with van der Waals surface area (Å²) < 4.78 is 0. The molecule has 0 atom stereocenters. The number of benzene rings is 1. The molecular weight excluding hydrogens is 592 g/mol. The van der Waals surface area contributed by atoms with Crippen molar-refractivity contribution in [3.05, 3.63) is 38.9 Å². The number of hydrogen-bond donors (Lipinski definition) is 3. The number of hydrogen-bond acceptors (Lipinski definition) is 8. The first-order valence-electron chi connectivity index (χ1n) is 14.9. The van der Waals surface area contributed by atoms with E-state index in [1.165, 1.54) is 0 Å². The van der Waals surface area contributed by atoms with Crippen LogP contribution in [0.15, 0.2) is 12.1 Å². The van der Waals surface area contributed by atoms with Gasteiger partial charge in [-0.2, -0.15) is 15.2 Å². The quantitative estimate of drug-likeness (QED) is 0.131. The van der Waals surface area contributed by atoms with E-state index < -0.39 is 40.0 Å². The van der Waals surface area contributed by atoms with Crippen LogP contribution in [0.3, 0.4) is 0 Å². The van der Waals surface area contributed by atoms with Crippen LogP contribution in [-0.4, -0.2) is 90.1 Å². The second-order valence-corrected chi connectivity index (χ2v) is 13.5. The summed E-state index contributed by atoms with van der Waals surface area (Å²) >= 11 is 0. The molecule has 0 radical (unpaired) electrons. The van der Waals surface area contributed by atoms with E-state index in [1.807, 2.05) is 0 Å². The van der Waals surface area contributed by atoms with Crippen LogP contribution in [0.2, 0.25) is 0 Å². The average Bonchev–Trinajstić information content (AvgIpc) is 2.85. The van der Waals surface area contributed by atoms with Gasteiger partial charge in [-0.3, -0.25) is 24.6 Å². The van der Waals surface area contributed by atoms with Crippen molar-refractivity contribution >= 4 is 24.0 Å². The summed E-state index contributed by atoms with van der Waals surface area (Å²) in [7, 11) is 0. The molecule has 1 rings (SSSR count). The molecule has 0 aliphatic heterocycles. The van der Waals surface area contributed by atoms with Gasteiger partial charge in [-0.15, -0.1) is 0 Å². The van der Waals surface area contributed by atoms with Gasteiger partial charge in [0.05, 0.1) is 41.4 Å². The molecule has 15 nitrogen and oxygen atoms in total. The number of nitro benzene ring substituents is 1. The first-order valence-corrected chi connectivity index (χ1v) is 14.9. The molecule has 3 N–H and O–H groups in total. The lowest BCUT2D eigenvalue weighted by molar-refractivity contribution is -0.386. The standard InChI is InChI=1S/C30H50N4O11/c1-28(2,3)43-31(25(35)36)18-10-13-21-16-17-22(14-11-19-32(26(37)38)44-29(4,5)6)24(34(41)42)23(21)15-12-20-33(27(39)40)45-30(7,8)9/h16-17H,10-15,18-20H2,1-9H3,(H,35,36)(H,37,38)(H,39,40). The monoisotopic (exact) mass is 642 g/mol. The van der Waals surface area contributed by atoms with Gasteiger partial charge in [-0.25, -0.2) is 14.4 Å². The predicted octanol–water partition coefficient (Wildman–Crippen LogP) is 6.52. The Bertz CT molecular complexity index is 1170. The largest absolute Gasteiger partial charge is 0.463 e. The summed E-state index contributed by atoms with van der Waals surface area (Å²) in [6.07, 6.45) is -2.45. The molecule has 3 amide bonds. The molecule has 0 heterocycles. The molecule has 0 spiro atoms. The van der Waals surface area contributed by atoms with Crippen molar-refractivity contribution in [3.63, 3.8) is 0 Å². The molecule has 0 saturated carbocycles. The van der Waals surface area contributed by atoms with Gasteiger partial charge in [0.15, 0.2) is 0 Å². The van der Waals surface area contributed by atoms with Crippen molar-refractivity contribution in [2.45, 2.75) is 118 Å². The normalized spacial score (nSPS) is 12.1. The lowest BCUT2D eigenvalue weighted by Gasteiger charge is -2.28. The van der Waals surface area contributed by atoms with Crippen LogP contribution in [0, 0.1) is 10.1 Å². The number of nitro groups is 1. The van der Waals surface area contributed by atoms with E-state index in [0.29, 0.717) is 29.5 Å². The maximum atomic E-state index is 12.4. The van der Waals surface area contributed by atoms with Crippen LogP contribution in [-0.2, 0) is 33.8 Å². The van der Waals surface area contributed by atoms with Gasteiger partial charge in [0, 0.05) is 11.1 Å². The van der Waals surface area contributed by atoms with Crippen molar-refractivity contribution in [1.29, 1.82) is 0 Å². The van der Waals surface area contributed by atoms with Crippen molar-refractivity contribution < 1.29 is 49.1 Å². The van der Waals surface area contributed by atoms with E-state index in [2.05, 4.69) is 0 Å². The van der Waals surface area contributed by atoms with Gasteiger partial charge in [-0.1, -0.05) is 12.1 Å². The van der Waals surface area contributed by atoms with Crippen molar-refractivity contribution in [3.8, 4) is 0 Å². The van der Waals surface area contributed by atoms with Gasteiger partial charge in [-0.05, 0) is 106 Å². The highest BCUT2D eigenvalue weighted by molar-refractivity contribution is 5.64. The Kier molecular flexibility index (Phi) is 14.5. The van der Waals surface area contributed by atoms with Gasteiger partial charge < -0.3 is 15.3 Å². The Labute approximate surface area is 264 Å². The highest BCUT2D eigenvalue weighted by Gasteiger charge is 2.27. The van der Waals surface area contributed by atoms with Crippen LogP contribution in [0.5, 0.6) is 0 Å². The molecule has 15 heteroatoms. The van der Waals surface area contributed by atoms with E-state index in [9.17, 15) is 39.8 Å². The summed E-state index contributed by atoms with van der Waals surface area (Å²) in [5.41, 5.74) is -1.00. The molecule has 0 fully saturated rings. The van der Waals surface area contributed by atoms with Crippen molar-refractivity contribution in [2.75, 3.05) is 19.6 Å². The molecule has 1 aromatic carbocycles. The molecule has 0 saturated heterocycles. The Balaban J connectivity index is 3.33. The minimum atomic E-state index is -1.29. The predicted molar refractivity (Wildman–Crippen MR) is 165 cm³/mol. The van der Waals surface area contributed by atoms with E-state index in [4.69, 9.17) is 14.5 Å². The van der Waals surface area contributed by atoms with Crippen LogP contribution in [0.25, 0.3) is 0 Å². The molecule has 0 unspecified atom stereocenters. The Morgan fingerprint density at radius 1 is 0.644 bits per heavy atom. The summed E-state index contributed by atoms with van der Waals surface area (Å²) in [6.45, 7) is 15.4. The van der Waals surface area contributed by atoms with E-state index in [1.54, 1.807) is 74.4 Å². The van der Waals surface area contributed by atoms with Crippen LogP contribution >= 0.6 is 0 Å². The molecule has 0 bridgehead atoms. The third-order valence-corrected chi connectivity index (χ3v) is 5.84. The van der Waals surface area contributed by atoms with Gasteiger partial charge in [0.1, 0.15) is 0 Å². The summed E-state index contributed by atoms with van der Waals surface area (Å²) in [5, 5.41) is 43.6. The number of nitrogens with zero attached hydrogens (tertiary/aromatic N) is 4. The Morgan fingerprint density at radius 3 is 1.27 bits per heavy atom. The number of amides is 3. The van der Waals surface area contributed by atoms with E-state index >= 15 is 0 Å². The third kappa shape index (κ3) is 15.2. The number of carbonyl (C=O) groups is 3. The van der Waals surface area contributed by atoms with Crippen molar-refractivity contribution in [2.24, 2.45) is 0 Å². The minimum absolute atomic E-state index is 0.0165. The first kappa shape index (κ1) is 39.3. The second-order valence-electron chi connectivity index (χ2n) is 13.5. The highest BCUT2D eigenvalue weighted by atomic mass is 16.7. The molecule has 0 aliphatic carbocycles. The van der Waals surface area contributed by atoms with Crippen LogP contribution in [0.1, 0.15) is 98.3 Å². The molecule has 45 heavy (non-hydrogen) atoms. The van der Waals surface area contributed by atoms with Gasteiger partial charge in [0.2, 0.25) is 0 Å².